The molecule has 1 rings (SSSR count). The summed E-state index contributed by atoms with van der Waals surface area (Å²) in [6, 6.07) is -0.497. The summed E-state index contributed by atoms with van der Waals surface area (Å²) < 4.78 is 5.35. The van der Waals surface area contributed by atoms with Gasteiger partial charge in [-0.2, -0.15) is 0 Å². The minimum Gasteiger partial charge on any atom is -0.377 e. The molecule has 0 aromatic rings. The van der Waals surface area contributed by atoms with Gasteiger partial charge in [-0.1, -0.05) is 13.8 Å². The third kappa shape index (κ3) is 4.76. The molecule has 1 heterocycles. The van der Waals surface area contributed by atoms with Crippen LogP contribution in [0, 0.1) is 5.92 Å². The van der Waals surface area contributed by atoms with E-state index in [1.54, 1.807) is 4.90 Å². The van der Waals surface area contributed by atoms with Gasteiger partial charge in [-0.3, -0.25) is 9.59 Å². The third-order valence-corrected chi connectivity index (χ3v) is 3.53. The first kappa shape index (κ1) is 16.9. The summed E-state index contributed by atoms with van der Waals surface area (Å²) in [6.07, 6.45) is 2.46. The van der Waals surface area contributed by atoms with Gasteiger partial charge in [-0.05, 0) is 25.8 Å². The Hall–Kier alpha value is -1.14. The molecule has 1 fully saturated rings. The predicted octanol–water partition coefficient (Wildman–Crippen LogP) is 0.115. The van der Waals surface area contributed by atoms with Crippen molar-refractivity contribution in [3.63, 3.8) is 0 Å². The highest BCUT2D eigenvalue weighted by Gasteiger charge is 2.34. The van der Waals surface area contributed by atoms with Crippen molar-refractivity contribution < 1.29 is 14.3 Å². The standard InChI is InChI=1S/C14H27N3O3/c1-3-7-16-13(18)12-10-20-9-8-17(12)14(19)11(2)5-4-6-15/h11-12H,3-10,15H2,1-2H3,(H,16,18). The first-order valence-corrected chi connectivity index (χ1v) is 7.47. The zero-order valence-corrected chi connectivity index (χ0v) is 12.6. The Morgan fingerprint density at radius 1 is 1.50 bits per heavy atom. The zero-order valence-electron chi connectivity index (χ0n) is 12.6. The third-order valence-electron chi connectivity index (χ3n) is 3.53. The van der Waals surface area contributed by atoms with Crippen molar-refractivity contribution in [2.75, 3.05) is 32.8 Å². The van der Waals surface area contributed by atoms with E-state index in [9.17, 15) is 9.59 Å². The lowest BCUT2D eigenvalue weighted by Gasteiger charge is -2.36. The van der Waals surface area contributed by atoms with Crippen LogP contribution in [-0.2, 0) is 14.3 Å². The van der Waals surface area contributed by atoms with E-state index in [4.69, 9.17) is 10.5 Å². The molecule has 6 heteroatoms. The molecule has 0 bridgehead atoms. The highest BCUT2D eigenvalue weighted by Crippen LogP contribution is 2.15. The maximum absolute atomic E-state index is 12.4. The molecule has 3 N–H and O–H groups in total. The molecule has 1 saturated heterocycles. The number of nitrogens with zero attached hydrogens (tertiary/aromatic N) is 1. The largest absolute Gasteiger partial charge is 0.377 e. The second-order valence-electron chi connectivity index (χ2n) is 5.25. The summed E-state index contributed by atoms with van der Waals surface area (Å²) in [6.45, 7) is 6.36. The minimum atomic E-state index is -0.497. The molecule has 116 valence electrons. The van der Waals surface area contributed by atoms with Crippen LogP contribution in [0.3, 0.4) is 0 Å². The highest BCUT2D eigenvalue weighted by molar-refractivity contribution is 5.88. The van der Waals surface area contributed by atoms with Crippen molar-refractivity contribution in [3.05, 3.63) is 0 Å². The van der Waals surface area contributed by atoms with E-state index in [0.717, 1.165) is 19.3 Å². The predicted molar refractivity (Wildman–Crippen MR) is 77.1 cm³/mol. The second kappa shape index (κ2) is 8.92. The molecule has 0 radical (unpaired) electrons. The summed E-state index contributed by atoms with van der Waals surface area (Å²) in [5.74, 6) is -0.192. The molecule has 6 nitrogen and oxygen atoms in total. The number of rotatable bonds is 7. The molecule has 2 amide bonds. The number of nitrogens with two attached hydrogens (primary N) is 1. The van der Waals surface area contributed by atoms with Crippen LogP contribution in [0.5, 0.6) is 0 Å². The molecule has 20 heavy (non-hydrogen) atoms. The van der Waals surface area contributed by atoms with Crippen LogP contribution in [0.25, 0.3) is 0 Å². The van der Waals surface area contributed by atoms with Gasteiger partial charge in [0.1, 0.15) is 6.04 Å². The van der Waals surface area contributed by atoms with E-state index in [1.165, 1.54) is 0 Å². The number of ether oxygens (including phenoxy) is 1. The second-order valence-corrected chi connectivity index (χ2v) is 5.25. The molecule has 1 aliphatic rings. The molecule has 0 aromatic heterocycles. The lowest BCUT2D eigenvalue weighted by atomic mass is 10.0. The van der Waals surface area contributed by atoms with Gasteiger partial charge in [0.15, 0.2) is 0 Å². The van der Waals surface area contributed by atoms with E-state index in [2.05, 4.69) is 5.32 Å². The van der Waals surface area contributed by atoms with Crippen molar-refractivity contribution in [2.45, 2.75) is 39.2 Å². The molecular formula is C14H27N3O3. The van der Waals surface area contributed by atoms with E-state index >= 15 is 0 Å². The van der Waals surface area contributed by atoms with Crippen LogP contribution >= 0.6 is 0 Å². The number of carbonyl (C=O) groups is 2. The van der Waals surface area contributed by atoms with Gasteiger partial charge in [0.25, 0.3) is 0 Å². The van der Waals surface area contributed by atoms with Gasteiger partial charge in [-0.25, -0.2) is 0 Å². The van der Waals surface area contributed by atoms with Crippen LogP contribution in [0.2, 0.25) is 0 Å². The highest BCUT2D eigenvalue weighted by atomic mass is 16.5. The van der Waals surface area contributed by atoms with Crippen LogP contribution < -0.4 is 11.1 Å². The monoisotopic (exact) mass is 285 g/mol. The molecule has 0 spiro atoms. The molecule has 2 atom stereocenters. The fourth-order valence-corrected chi connectivity index (χ4v) is 2.28. The van der Waals surface area contributed by atoms with Gasteiger partial charge in [0.2, 0.25) is 11.8 Å². The van der Waals surface area contributed by atoms with Gasteiger partial charge in [0, 0.05) is 19.0 Å². The zero-order chi connectivity index (χ0) is 15.0. The van der Waals surface area contributed by atoms with E-state index < -0.39 is 6.04 Å². The summed E-state index contributed by atoms with van der Waals surface area (Å²) in [5, 5.41) is 2.84. The Morgan fingerprint density at radius 2 is 2.25 bits per heavy atom. The Balaban J connectivity index is 2.62. The number of morpholine rings is 1. The quantitative estimate of drug-likeness (QED) is 0.695. The molecule has 0 aromatic carbocycles. The summed E-state index contributed by atoms with van der Waals surface area (Å²) >= 11 is 0. The van der Waals surface area contributed by atoms with Crippen molar-refractivity contribution in [2.24, 2.45) is 11.7 Å². The molecular weight excluding hydrogens is 258 g/mol. The van der Waals surface area contributed by atoms with Crippen LogP contribution in [-0.4, -0.2) is 55.6 Å². The summed E-state index contributed by atoms with van der Waals surface area (Å²) in [7, 11) is 0. The molecule has 1 aliphatic heterocycles. The number of carbonyl (C=O) groups excluding carboxylic acids is 2. The molecule has 2 unspecified atom stereocenters. The van der Waals surface area contributed by atoms with Crippen molar-refractivity contribution in [3.8, 4) is 0 Å². The number of hydrogen-bond donors (Lipinski definition) is 2. The van der Waals surface area contributed by atoms with E-state index in [1.807, 2.05) is 13.8 Å². The van der Waals surface area contributed by atoms with Crippen LogP contribution in [0.1, 0.15) is 33.1 Å². The number of nitrogens with one attached hydrogen (secondary N) is 1. The first-order valence-electron chi connectivity index (χ1n) is 7.47. The maximum atomic E-state index is 12.4. The Morgan fingerprint density at radius 3 is 2.90 bits per heavy atom. The number of hydrogen-bond acceptors (Lipinski definition) is 4. The molecule has 0 saturated carbocycles. The van der Waals surface area contributed by atoms with Gasteiger partial charge >= 0.3 is 0 Å². The van der Waals surface area contributed by atoms with Crippen molar-refractivity contribution in [1.82, 2.24) is 10.2 Å². The van der Waals surface area contributed by atoms with Gasteiger partial charge in [0.05, 0.1) is 13.2 Å². The SMILES string of the molecule is CCCNC(=O)C1COCCN1C(=O)C(C)CCCN. The summed E-state index contributed by atoms with van der Waals surface area (Å²) in [5.41, 5.74) is 5.48. The summed E-state index contributed by atoms with van der Waals surface area (Å²) in [4.78, 5) is 26.2. The average molecular weight is 285 g/mol. The van der Waals surface area contributed by atoms with Crippen molar-refractivity contribution >= 4 is 11.8 Å². The Bertz CT molecular complexity index is 323. The topological polar surface area (TPSA) is 84.7 Å². The van der Waals surface area contributed by atoms with Crippen LogP contribution in [0.15, 0.2) is 0 Å². The maximum Gasteiger partial charge on any atom is 0.245 e. The van der Waals surface area contributed by atoms with Crippen molar-refractivity contribution in [1.29, 1.82) is 0 Å². The lowest BCUT2D eigenvalue weighted by Crippen LogP contribution is -2.57. The molecule has 0 aliphatic carbocycles. The van der Waals surface area contributed by atoms with Gasteiger partial charge < -0.3 is 20.7 Å². The average Bonchev–Trinajstić information content (AvgIpc) is 2.49. The smallest absolute Gasteiger partial charge is 0.245 e. The van der Waals surface area contributed by atoms with E-state index in [-0.39, 0.29) is 24.3 Å². The Kier molecular flexibility index (Phi) is 7.54. The fourth-order valence-electron chi connectivity index (χ4n) is 2.28. The lowest BCUT2D eigenvalue weighted by molar-refractivity contribution is -0.151. The normalized spacial score (nSPS) is 20.6. The van der Waals surface area contributed by atoms with E-state index in [0.29, 0.717) is 26.2 Å². The minimum absolute atomic E-state index is 0.0263. The van der Waals surface area contributed by atoms with Gasteiger partial charge in [-0.15, -0.1) is 0 Å². The van der Waals surface area contributed by atoms with Crippen LogP contribution in [0.4, 0.5) is 0 Å². The fraction of sp³-hybridized carbons (Fsp3) is 0.857. The Labute approximate surface area is 121 Å². The first-order chi connectivity index (χ1) is 9.61. The number of amides is 2.